The molecule has 0 fully saturated rings. The molecule has 0 spiro atoms. The molecule has 0 aliphatic carbocycles. The summed E-state index contributed by atoms with van der Waals surface area (Å²) < 4.78 is 51.9. The number of carbonyl (C=O) groups is 1. The van der Waals surface area contributed by atoms with Crippen LogP contribution in [0.1, 0.15) is 12.1 Å². The number of benzene rings is 1. The summed E-state index contributed by atoms with van der Waals surface area (Å²) in [4.78, 5) is 15.3. The van der Waals surface area contributed by atoms with Crippen LogP contribution in [0, 0.1) is 11.6 Å². The fraction of sp³-hybridized carbons (Fsp3) is 0.200. The fourth-order valence-electron chi connectivity index (χ4n) is 1.81. The molecule has 9 heteroatoms. The van der Waals surface area contributed by atoms with Crippen LogP contribution in [0.4, 0.5) is 8.78 Å². The van der Waals surface area contributed by atoms with Gasteiger partial charge in [-0.05, 0) is 30.3 Å². The Morgan fingerprint density at radius 2 is 1.92 bits per heavy atom. The van der Waals surface area contributed by atoms with E-state index in [2.05, 4.69) is 15.0 Å². The van der Waals surface area contributed by atoms with Crippen molar-refractivity contribution in [2.75, 3.05) is 6.54 Å². The van der Waals surface area contributed by atoms with Crippen LogP contribution in [-0.2, 0) is 21.4 Å². The third kappa shape index (κ3) is 5.07. The number of halogens is 2. The minimum atomic E-state index is -4.01. The van der Waals surface area contributed by atoms with Gasteiger partial charge in [-0.25, -0.2) is 21.9 Å². The summed E-state index contributed by atoms with van der Waals surface area (Å²) in [7, 11) is -4.01. The average molecular weight is 355 g/mol. The molecule has 0 saturated carbocycles. The lowest BCUT2D eigenvalue weighted by Gasteiger charge is -2.08. The van der Waals surface area contributed by atoms with Crippen LogP contribution >= 0.6 is 0 Å². The van der Waals surface area contributed by atoms with Crippen molar-refractivity contribution in [3.63, 3.8) is 0 Å². The van der Waals surface area contributed by atoms with Gasteiger partial charge >= 0.3 is 0 Å². The van der Waals surface area contributed by atoms with E-state index in [1.54, 1.807) is 24.4 Å². The second kappa shape index (κ2) is 7.93. The van der Waals surface area contributed by atoms with Gasteiger partial charge in [-0.2, -0.15) is 0 Å². The molecule has 0 atom stereocenters. The number of nitrogens with zero attached hydrogens (tertiary/aromatic N) is 1. The SMILES string of the molecule is O=C(CCNS(=O)(=O)c1ccc(F)c(F)c1)NCc1ccccn1. The summed E-state index contributed by atoms with van der Waals surface area (Å²) >= 11 is 0. The number of hydrogen-bond donors (Lipinski definition) is 2. The standard InChI is InChI=1S/C15H15F2N3O3S/c16-13-5-4-12(9-14(13)17)24(22,23)20-8-6-15(21)19-10-11-3-1-2-7-18-11/h1-5,7,9,20H,6,8,10H2,(H,19,21). The molecule has 0 aliphatic heterocycles. The Bertz CT molecular complexity index is 814. The first-order chi connectivity index (χ1) is 11.4. The number of carbonyl (C=O) groups excluding carboxylic acids is 1. The number of hydrogen-bond acceptors (Lipinski definition) is 4. The zero-order valence-electron chi connectivity index (χ0n) is 12.5. The molecule has 0 bridgehead atoms. The molecule has 6 nitrogen and oxygen atoms in total. The lowest BCUT2D eigenvalue weighted by Crippen LogP contribution is -2.30. The van der Waals surface area contributed by atoms with Crippen LogP contribution in [-0.4, -0.2) is 25.9 Å². The maximum absolute atomic E-state index is 13.1. The van der Waals surface area contributed by atoms with Crippen LogP contribution < -0.4 is 10.0 Å². The summed E-state index contributed by atoms with van der Waals surface area (Å²) in [5.74, 6) is -2.76. The molecule has 0 unspecified atom stereocenters. The van der Waals surface area contributed by atoms with Crippen LogP contribution in [0.3, 0.4) is 0 Å². The van der Waals surface area contributed by atoms with Crippen molar-refractivity contribution in [3.8, 4) is 0 Å². The van der Waals surface area contributed by atoms with Gasteiger partial charge in [-0.3, -0.25) is 9.78 Å². The predicted molar refractivity (Wildman–Crippen MR) is 82.2 cm³/mol. The van der Waals surface area contributed by atoms with Gasteiger partial charge in [0.05, 0.1) is 17.1 Å². The van der Waals surface area contributed by atoms with Crippen LogP contribution in [0.5, 0.6) is 0 Å². The van der Waals surface area contributed by atoms with Gasteiger partial charge in [-0.15, -0.1) is 0 Å². The van der Waals surface area contributed by atoms with Gasteiger partial charge in [-0.1, -0.05) is 6.07 Å². The van der Waals surface area contributed by atoms with Crippen molar-refractivity contribution >= 4 is 15.9 Å². The molecule has 2 aromatic rings. The number of sulfonamides is 1. The van der Waals surface area contributed by atoms with E-state index in [0.717, 1.165) is 12.1 Å². The molecule has 0 radical (unpaired) electrons. The van der Waals surface area contributed by atoms with Gasteiger partial charge in [0.25, 0.3) is 0 Å². The molecule has 1 amide bonds. The molecular formula is C15H15F2N3O3S. The van der Waals surface area contributed by atoms with Crippen LogP contribution in [0.15, 0.2) is 47.5 Å². The Labute approximate surface area is 138 Å². The van der Waals surface area contributed by atoms with Crippen molar-refractivity contribution in [1.82, 2.24) is 15.0 Å². The Morgan fingerprint density at radius 1 is 1.12 bits per heavy atom. The van der Waals surface area contributed by atoms with Gasteiger partial charge < -0.3 is 5.32 Å². The molecule has 2 rings (SSSR count). The van der Waals surface area contributed by atoms with E-state index in [-0.39, 0.29) is 25.4 Å². The molecule has 2 N–H and O–H groups in total. The molecule has 24 heavy (non-hydrogen) atoms. The highest BCUT2D eigenvalue weighted by atomic mass is 32.2. The largest absolute Gasteiger partial charge is 0.350 e. The fourth-order valence-corrected chi connectivity index (χ4v) is 2.85. The zero-order chi connectivity index (χ0) is 17.6. The minimum absolute atomic E-state index is 0.101. The Kier molecular flexibility index (Phi) is 5.93. The highest BCUT2D eigenvalue weighted by Crippen LogP contribution is 2.13. The first-order valence-electron chi connectivity index (χ1n) is 7.00. The van der Waals surface area contributed by atoms with E-state index in [0.29, 0.717) is 11.8 Å². The number of amides is 1. The van der Waals surface area contributed by atoms with Gasteiger partial charge in [0.2, 0.25) is 15.9 Å². The van der Waals surface area contributed by atoms with E-state index >= 15 is 0 Å². The highest BCUT2D eigenvalue weighted by Gasteiger charge is 2.16. The van der Waals surface area contributed by atoms with Gasteiger partial charge in [0, 0.05) is 19.2 Å². The quantitative estimate of drug-likeness (QED) is 0.785. The first kappa shape index (κ1) is 18.0. The summed E-state index contributed by atoms with van der Waals surface area (Å²) in [5.41, 5.74) is 0.674. The van der Waals surface area contributed by atoms with E-state index < -0.39 is 26.6 Å². The van der Waals surface area contributed by atoms with E-state index in [4.69, 9.17) is 0 Å². The number of pyridine rings is 1. The predicted octanol–water partition coefficient (Wildman–Crippen LogP) is 1.34. The van der Waals surface area contributed by atoms with E-state index in [9.17, 15) is 22.0 Å². The summed E-state index contributed by atoms with van der Waals surface area (Å²) in [6.07, 6.45) is 1.49. The maximum Gasteiger partial charge on any atom is 0.240 e. The summed E-state index contributed by atoms with van der Waals surface area (Å²) in [5, 5.41) is 2.60. The third-order valence-electron chi connectivity index (χ3n) is 3.04. The minimum Gasteiger partial charge on any atom is -0.350 e. The lowest BCUT2D eigenvalue weighted by atomic mass is 10.3. The van der Waals surface area contributed by atoms with E-state index in [1.807, 2.05) is 0 Å². The van der Waals surface area contributed by atoms with Crippen LogP contribution in [0.2, 0.25) is 0 Å². The lowest BCUT2D eigenvalue weighted by molar-refractivity contribution is -0.121. The molecule has 0 saturated heterocycles. The number of aromatic nitrogens is 1. The van der Waals surface area contributed by atoms with Crippen molar-refractivity contribution in [2.45, 2.75) is 17.9 Å². The Morgan fingerprint density at radius 3 is 2.58 bits per heavy atom. The molecule has 1 aromatic carbocycles. The summed E-state index contributed by atoms with van der Waals surface area (Å²) in [6.45, 7) is 0.0605. The van der Waals surface area contributed by atoms with Crippen molar-refractivity contribution in [1.29, 1.82) is 0 Å². The molecular weight excluding hydrogens is 340 g/mol. The van der Waals surface area contributed by atoms with Crippen molar-refractivity contribution in [3.05, 3.63) is 59.9 Å². The normalized spacial score (nSPS) is 11.2. The second-order valence-electron chi connectivity index (χ2n) is 4.82. The molecule has 0 aliphatic rings. The first-order valence-corrected chi connectivity index (χ1v) is 8.48. The maximum atomic E-state index is 13.1. The van der Waals surface area contributed by atoms with Gasteiger partial charge in [0.15, 0.2) is 11.6 Å². The molecule has 1 heterocycles. The average Bonchev–Trinajstić information content (AvgIpc) is 2.56. The third-order valence-corrected chi connectivity index (χ3v) is 4.50. The zero-order valence-corrected chi connectivity index (χ0v) is 13.3. The Hall–Kier alpha value is -2.39. The van der Waals surface area contributed by atoms with E-state index in [1.165, 1.54) is 0 Å². The number of rotatable bonds is 7. The molecule has 128 valence electrons. The molecule has 1 aromatic heterocycles. The summed E-state index contributed by atoms with van der Waals surface area (Å²) in [6, 6.07) is 7.53. The van der Waals surface area contributed by atoms with Crippen molar-refractivity contribution < 1.29 is 22.0 Å². The highest BCUT2D eigenvalue weighted by molar-refractivity contribution is 7.89. The van der Waals surface area contributed by atoms with Crippen LogP contribution in [0.25, 0.3) is 0 Å². The van der Waals surface area contributed by atoms with Crippen molar-refractivity contribution in [2.24, 2.45) is 0 Å². The second-order valence-corrected chi connectivity index (χ2v) is 6.59. The number of nitrogens with one attached hydrogen (secondary N) is 2. The topological polar surface area (TPSA) is 88.2 Å². The smallest absolute Gasteiger partial charge is 0.240 e. The van der Waals surface area contributed by atoms with Gasteiger partial charge in [0.1, 0.15) is 0 Å². The monoisotopic (exact) mass is 355 g/mol. The Balaban J connectivity index is 1.82.